The van der Waals surface area contributed by atoms with Crippen molar-refractivity contribution < 1.29 is 22.7 Å². The second-order valence-corrected chi connectivity index (χ2v) is 9.65. The monoisotopic (exact) mass is 409 g/mol. The molecule has 1 saturated heterocycles. The number of aryl methyl sites for hydroxylation is 1. The largest absolute Gasteiger partial charge is 0.496 e. The van der Waals surface area contributed by atoms with Gasteiger partial charge in [0.15, 0.2) is 0 Å². The molecule has 27 heavy (non-hydrogen) atoms. The first-order valence-electron chi connectivity index (χ1n) is 8.75. The van der Waals surface area contributed by atoms with E-state index in [-0.39, 0.29) is 18.5 Å². The van der Waals surface area contributed by atoms with Gasteiger partial charge >= 0.3 is 5.97 Å². The van der Waals surface area contributed by atoms with Crippen molar-refractivity contribution in [2.24, 2.45) is 5.92 Å². The molecule has 2 aromatic rings. The Morgan fingerprint density at radius 1 is 1.26 bits per heavy atom. The van der Waals surface area contributed by atoms with E-state index < -0.39 is 10.0 Å². The lowest BCUT2D eigenvalue weighted by Gasteiger charge is -2.29. The molecule has 0 amide bonds. The van der Waals surface area contributed by atoms with Gasteiger partial charge in [-0.3, -0.25) is 4.79 Å². The van der Waals surface area contributed by atoms with E-state index in [2.05, 4.69) is 0 Å². The van der Waals surface area contributed by atoms with Gasteiger partial charge < -0.3 is 9.47 Å². The number of methoxy groups -OCH3 is 1. The summed E-state index contributed by atoms with van der Waals surface area (Å²) in [5.41, 5.74) is 1.89. The van der Waals surface area contributed by atoms with Crippen molar-refractivity contribution >= 4 is 27.3 Å². The van der Waals surface area contributed by atoms with Crippen LogP contribution in [0.15, 0.2) is 39.9 Å². The van der Waals surface area contributed by atoms with Crippen LogP contribution in [0.1, 0.15) is 24.0 Å². The number of nitrogens with zero attached hydrogens (tertiary/aromatic N) is 1. The van der Waals surface area contributed by atoms with Gasteiger partial charge in [0, 0.05) is 18.7 Å². The maximum absolute atomic E-state index is 12.5. The lowest BCUT2D eigenvalue weighted by atomic mass is 9.98. The summed E-state index contributed by atoms with van der Waals surface area (Å²) in [6.45, 7) is 2.77. The molecule has 0 atom stereocenters. The molecule has 0 N–H and O–H groups in total. The van der Waals surface area contributed by atoms with Crippen molar-refractivity contribution in [2.45, 2.75) is 30.6 Å². The van der Waals surface area contributed by atoms with Crippen molar-refractivity contribution in [2.75, 3.05) is 20.2 Å². The van der Waals surface area contributed by atoms with Crippen molar-refractivity contribution in [3.8, 4) is 5.75 Å². The first-order valence-corrected chi connectivity index (χ1v) is 11.1. The van der Waals surface area contributed by atoms with Crippen LogP contribution in [0.4, 0.5) is 0 Å². The fourth-order valence-electron chi connectivity index (χ4n) is 3.16. The molecule has 2 heterocycles. The summed E-state index contributed by atoms with van der Waals surface area (Å²) in [7, 11) is -1.87. The van der Waals surface area contributed by atoms with Crippen molar-refractivity contribution in [1.82, 2.24) is 4.31 Å². The number of ether oxygens (including phenoxy) is 2. The molecular weight excluding hydrogens is 386 g/mol. The van der Waals surface area contributed by atoms with Gasteiger partial charge in [0.1, 0.15) is 16.6 Å². The zero-order chi connectivity index (χ0) is 19.4. The van der Waals surface area contributed by atoms with Crippen LogP contribution in [0.3, 0.4) is 0 Å². The Morgan fingerprint density at radius 2 is 2.00 bits per heavy atom. The Hall–Kier alpha value is -1.90. The molecule has 0 aliphatic carbocycles. The first kappa shape index (κ1) is 19.9. The van der Waals surface area contributed by atoms with Crippen LogP contribution in [0.5, 0.6) is 5.75 Å². The van der Waals surface area contributed by atoms with E-state index in [4.69, 9.17) is 9.47 Å². The van der Waals surface area contributed by atoms with E-state index in [9.17, 15) is 13.2 Å². The number of thiophene rings is 1. The van der Waals surface area contributed by atoms with Crippen molar-refractivity contribution in [1.29, 1.82) is 0 Å². The Morgan fingerprint density at radius 3 is 2.63 bits per heavy atom. The minimum atomic E-state index is -3.45. The number of hydrogen-bond donors (Lipinski definition) is 0. The minimum Gasteiger partial charge on any atom is -0.496 e. The third kappa shape index (κ3) is 4.51. The van der Waals surface area contributed by atoms with E-state index in [1.165, 1.54) is 15.6 Å². The summed E-state index contributed by atoms with van der Waals surface area (Å²) in [4.78, 5) is 12.4. The van der Waals surface area contributed by atoms with Crippen LogP contribution in [-0.2, 0) is 26.2 Å². The maximum atomic E-state index is 12.5. The molecule has 0 spiro atoms. The Labute approximate surface area is 163 Å². The van der Waals surface area contributed by atoms with E-state index in [1.54, 1.807) is 24.6 Å². The predicted octanol–water partition coefficient (Wildman–Crippen LogP) is 3.21. The van der Waals surface area contributed by atoms with E-state index in [0.717, 1.165) is 11.1 Å². The maximum Gasteiger partial charge on any atom is 0.309 e. The molecule has 3 rings (SSSR count). The number of hydrogen-bond acceptors (Lipinski definition) is 6. The van der Waals surface area contributed by atoms with Crippen LogP contribution < -0.4 is 4.74 Å². The lowest BCUT2D eigenvalue weighted by Crippen LogP contribution is -2.40. The van der Waals surface area contributed by atoms with E-state index >= 15 is 0 Å². The summed E-state index contributed by atoms with van der Waals surface area (Å²) >= 11 is 1.21. The molecule has 0 radical (unpaired) electrons. The number of carbonyl (C=O) groups excluding carboxylic acids is 1. The molecule has 1 aliphatic rings. The average Bonchev–Trinajstić information content (AvgIpc) is 3.22. The fraction of sp³-hybridized carbons (Fsp3) is 0.421. The van der Waals surface area contributed by atoms with Gasteiger partial charge in [-0.05, 0) is 43.3 Å². The summed E-state index contributed by atoms with van der Waals surface area (Å²) in [6.07, 6.45) is 0.933. The third-order valence-corrected chi connectivity index (χ3v) is 7.95. The van der Waals surface area contributed by atoms with Crippen molar-refractivity contribution in [3.63, 3.8) is 0 Å². The number of carbonyl (C=O) groups is 1. The molecule has 0 unspecified atom stereocenters. The molecule has 1 aromatic carbocycles. The number of rotatable bonds is 6. The number of piperidine rings is 1. The Balaban J connectivity index is 1.55. The molecule has 1 fully saturated rings. The number of esters is 1. The topological polar surface area (TPSA) is 72.9 Å². The van der Waals surface area contributed by atoms with Gasteiger partial charge in [0.2, 0.25) is 0 Å². The number of sulfonamides is 1. The second-order valence-electron chi connectivity index (χ2n) is 6.53. The molecule has 1 aromatic heterocycles. The normalized spacial score (nSPS) is 16.2. The minimum absolute atomic E-state index is 0.150. The quantitative estimate of drug-likeness (QED) is 0.685. The summed E-state index contributed by atoms with van der Waals surface area (Å²) < 4.78 is 37.7. The molecule has 0 saturated carbocycles. The highest BCUT2D eigenvalue weighted by Crippen LogP contribution is 2.27. The highest BCUT2D eigenvalue weighted by atomic mass is 32.2. The van der Waals surface area contributed by atoms with Gasteiger partial charge in [0.25, 0.3) is 10.0 Å². The summed E-state index contributed by atoms with van der Waals surface area (Å²) in [5.74, 6) is 0.118. The van der Waals surface area contributed by atoms with Crippen LogP contribution in [-0.4, -0.2) is 38.9 Å². The van der Waals surface area contributed by atoms with Gasteiger partial charge in [0.05, 0.1) is 13.0 Å². The van der Waals surface area contributed by atoms with Gasteiger partial charge in [-0.15, -0.1) is 11.3 Å². The zero-order valence-electron chi connectivity index (χ0n) is 15.4. The molecule has 8 heteroatoms. The van der Waals surface area contributed by atoms with Gasteiger partial charge in [-0.25, -0.2) is 8.42 Å². The molecule has 6 nitrogen and oxygen atoms in total. The standard InChI is InChI=1S/C19H23NO5S2/c1-14-5-6-17(24-2)16(12-14)13-25-19(21)15-7-9-20(10-8-15)27(22,23)18-4-3-11-26-18/h3-6,11-12,15H,7-10,13H2,1-2H3. The highest BCUT2D eigenvalue weighted by Gasteiger charge is 2.33. The highest BCUT2D eigenvalue weighted by molar-refractivity contribution is 7.91. The van der Waals surface area contributed by atoms with E-state index in [0.29, 0.717) is 35.9 Å². The molecule has 1 aliphatic heterocycles. The van der Waals surface area contributed by atoms with Crippen LogP contribution >= 0.6 is 11.3 Å². The number of benzene rings is 1. The summed E-state index contributed by atoms with van der Waals surface area (Å²) in [6, 6.07) is 9.06. The van der Waals surface area contributed by atoms with E-state index in [1.807, 2.05) is 25.1 Å². The SMILES string of the molecule is COc1ccc(C)cc1COC(=O)C1CCN(S(=O)(=O)c2cccs2)CC1. The van der Waals surface area contributed by atoms with Crippen LogP contribution in [0.25, 0.3) is 0 Å². The van der Waals surface area contributed by atoms with Crippen molar-refractivity contribution in [3.05, 3.63) is 46.8 Å². The van der Waals surface area contributed by atoms with Gasteiger partial charge in [-0.2, -0.15) is 4.31 Å². The Kier molecular flexibility index (Phi) is 6.18. The average molecular weight is 410 g/mol. The molecular formula is C19H23NO5S2. The fourth-order valence-corrected chi connectivity index (χ4v) is 5.77. The summed E-state index contributed by atoms with van der Waals surface area (Å²) in [5, 5.41) is 1.75. The smallest absolute Gasteiger partial charge is 0.309 e. The third-order valence-electron chi connectivity index (χ3n) is 4.68. The lowest BCUT2D eigenvalue weighted by molar-refractivity contribution is -0.151. The first-order chi connectivity index (χ1) is 12.9. The Bertz CT molecular complexity index is 885. The zero-order valence-corrected chi connectivity index (χ0v) is 17.0. The molecule has 0 bridgehead atoms. The molecule has 146 valence electrons. The van der Waals surface area contributed by atoms with Crippen LogP contribution in [0, 0.1) is 12.8 Å². The predicted molar refractivity (Wildman–Crippen MR) is 103 cm³/mol. The second kappa shape index (κ2) is 8.41. The van der Waals surface area contributed by atoms with Gasteiger partial charge in [-0.1, -0.05) is 17.7 Å². The van der Waals surface area contributed by atoms with Crippen LogP contribution in [0.2, 0.25) is 0 Å².